The van der Waals surface area contributed by atoms with Gasteiger partial charge in [0.1, 0.15) is 12.4 Å². The summed E-state index contributed by atoms with van der Waals surface area (Å²) in [7, 11) is 0. The lowest BCUT2D eigenvalue weighted by Gasteiger charge is -2.11. The summed E-state index contributed by atoms with van der Waals surface area (Å²) in [6.45, 7) is 4.41. The first kappa shape index (κ1) is 16.8. The lowest BCUT2D eigenvalue weighted by atomic mass is 10.1. The lowest BCUT2D eigenvalue weighted by Crippen LogP contribution is -2.22. The SMILES string of the molecule is C=CCOc1ccccc1CNC(=O)CCCCC(=O)O. The van der Waals surface area contributed by atoms with E-state index in [9.17, 15) is 9.59 Å². The second-order valence-corrected chi connectivity index (χ2v) is 4.58. The van der Waals surface area contributed by atoms with E-state index in [0.29, 0.717) is 32.4 Å². The van der Waals surface area contributed by atoms with Crippen molar-refractivity contribution in [2.75, 3.05) is 6.61 Å². The zero-order chi connectivity index (χ0) is 15.5. The first-order valence-electron chi connectivity index (χ1n) is 6.93. The second-order valence-electron chi connectivity index (χ2n) is 4.58. The van der Waals surface area contributed by atoms with E-state index in [0.717, 1.165) is 11.3 Å². The smallest absolute Gasteiger partial charge is 0.303 e. The van der Waals surface area contributed by atoms with Crippen molar-refractivity contribution in [2.45, 2.75) is 32.2 Å². The predicted molar refractivity (Wildman–Crippen MR) is 80.1 cm³/mol. The zero-order valence-electron chi connectivity index (χ0n) is 12.0. The number of carbonyl (C=O) groups excluding carboxylic acids is 1. The fourth-order valence-corrected chi connectivity index (χ4v) is 1.78. The standard InChI is InChI=1S/C16H21NO4/c1-2-11-21-14-8-4-3-7-13(14)12-17-15(18)9-5-6-10-16(19)20/h2-4,7-8H,1,5-6,9-12H2,(H,17,18)(H,19,20). The Morgan fingerprint density at radius 3 is 2.67 bits per heavy atom. The van der Waals surface area contributed by atoms with Gasteiger partial charge in [0.05, 0.1) is 0 Å². The number of carboxylic acid groups (broad SMARTS) is 1. The summed E-state index contributed by atoms with van der Waals surface area (Å²) in [5.41, 5.74) is 0.901. The molecule has 1 amide bonds. The number of ether oxygens (including phenoxy) is 1. The molecule has 1 aromatic carbocycles. The van der Waals surface area contributed by atoms with Crippen molar-refractivity contribution < 1.29 is 19.4 Å². The van der Waals surface area contributed by atoms with Crippen LogP contribution in [0.5, 0.6) is 5.75 Å². The number of amides is 1. The Balaban J connectivity index is 2.35. The number of unbranched alkanes of at least 4 members (excludes halogenated alkanes) is 1. The maximum absolute atomic E-state index is 11.7. The van der Waals surface area contributed by atoms with E-state index in [1.54, 1.807) is 6.08 Å². The van der Waals surface area contributed by atoms with Crippen LogP contribution in [0.2, 0.25) is 0 Å². The normalized spacial score (nSPS) is 9.90. The van der Waals surface area contributed by atoms with E-state index in [2.05, 4.69) is 11.9 Å². The van der Waals surface area contributed by atoms with Gasteiger partial charge in [0.2, 0.25) is 5.91 Å². The van der Waals surface area contributed by atoms with Crippen molar-refractivity contribution in [3.63, 3.8) is 0 Å². The molecule has 5 nitrogen and oxygen atoms in total. The molecule has 0 saturated heterocycles. The quantitative estimate of drug-likeness (QED) is 0.513. The molecule has 0 saturated carbocycles. The molecule has 0 aromatic heterocycles. The van der Waals surface area contributed by atoms with Gasteiger partial charge in [-0.15, -0.1) is 0 Å². The Hall–Kier alpha value is -2.30. The van der Waals surface area contributed by atoms with Gasteiger partial charge >= 0.3 is 5.97 Å². The zero-order valence-corrected chi connectivity index (χ0v) is 12.0. The minimum Gasteiger partial charge on any atom is -0.489 e. The average molecular weight is 291 g/mol. The van der Waals surface area contributed by atoms with Gasteiger partial charge in [0.25, 0.3) is 0 Å². The van der Waals surface area contributed by atoms with E-state index in [1.165, 1.54) is 0 Å². The second kappa shape index (κ2) is 9.58. The Morgan fingerprint density at radius 1 is 1.24 bits per heavy atom. The molecule has 0 unspecified atom stereocenters. The highest BCUT2D eigenvalue weighted by molar-refractivity contribution is 5.76. The minimum absolute atomic E-state index is 0.0843. The molecule has 21 heavy (non-hydrogen) atoms. The van der Waals surface area contributed by atoms with Gasteiger partial charge in [-0.2, -0.15) is 0 Å². The first-order valence-corrected chi connectivity index (χ1v) is 6.93. The van der Waals surface area contributed by atoms with Crippen LogP contribution in [0.15, 0.2) is 36.9 Å². The molecule has 0 spiro atoms. The van der Waals surface area contributed by atoms with Gasteiger partial charge in [-0.25, -0.2) is 0 Å². The maximum Gasteiger partial charge on any atom is 0.303 e. The third-order valence-corrected chi connectivity index (χ3v) is 2.85. The number of benzene rings is 1. The number of nitrogens with one attached hydrogen (secondary N) is 1. The Kier molecular flexibility index (Phi) is 7.64. The Bertz CT molecular complexity index is 485. The summed E-state index contributed by atoms with van der Waals surface area (Å²) in [6, 6.07) is 7.49. The third kappa shape index (κ3) is 7.15. The Morgan fingerprint density at radius 2 is 1.95 bits per heavy atom. The molecule has 0 fully saturated rings. The number of para-hydroxylation sites is 1. The lowest BCUT2D eigenvalue weighted by molar-refractivity contribution is -0.137. The first-order chi connectivity index (χ1) is 10.1. The van der Waals surface area contributed by atoms with E-state index >= 15 is 0 Å². The van der Waals surface area contributed by atoms with Crippen molar-refractivity contribution in [3.8, 4) is 5.75 Å². The van der Waals surface area contributed by atoms with Crippen LogP contribution in [-0.2, 0) is 16.1 Å². The van der Waals surface area contributed by atoms with E-state index < -0.39 is 5.97 Å². The minimum atomic E-state index is -0.830. The maximum atomic E-state index is 11.7. The number of aliphatic carboxylic acids is 1. The molecule has 114 valence electrons. The summed E-state index contributed by atoms with van der Waals surface area (Å²) in [4.78, 5) is 22.0. The predicted octanol–water partition coefficient (Wildman–Crippen LogP) is 2.51. The van der Waals surface area contributed by atoms with Crippen LogP contribution >= 0.6 is 0 Å². The fourth-order valence-electron chi connectivity index (χ4n) is 1.78. The van der Waals surface area contributed by atoms with Crippen LogP contribution in [0.25, 0.3) is 0 Å². The molecular weight excluding hydrogens is 270 g/mol. The number of hydrogen-bond donors (Lipinski definition) is 2. The van der Waals surface area contributed by atoms with Crippen molar-refractivity contribution >= 4 is 11.9 Å². The highest BCUT2D eigenvalue weighted by Crippen LogP contribution is 2.17. The summed E-state index contributed by atoms with van der Waals surface area (Å²) in [5.74, 6) is -0.189. The molecule has 0 radical (unpaired) electrons. The number of rotatable bonds is 10. The van der Waals surface area contributed by atoms with Gasteiger partial charge in [-0.1, -0.05) is 30.9 Å². The molecule has 5 heteroatoms. The van der Waals surface area contributed by atoms with Crippen LogP contribution in [0.4, 0.5) is 0 Å². The molecular formula is C16H21NO4. The van der Waals surface area contributed by atoms with Crippen LogP contribution in [0.3, 0.4) is 0 Å². The van der Waals surface area contributed by atoms with Crippen molar-refractivity contribution in [2.24, 2.45) is 0 Å². The van der Waals surface area contributed by atoms with Crippen LogP contribution < -0.4 is 10.1 Å². The molecule has 0 aliphatic carbocycles. The molecule has 0 aliphatic rings. The summed E-state index contributed by atoms with van der Waals surface area (Å²) < 4.78 is 5.51. The molecule has 2 N–H and O–H groups in total. The highest BCUT2D eigenvalue weighted by Gasteiger charge is 2.06. The molecule has 0 aliphatic heterocycles. The third-order valence-electron chi connectivity index (χ3n) is 2.85. The molecule has 1 rings (SSSR count). The number of carboxylic acids is 1. The Labute approximate surface area is 124 Å². The van der Waals surface area contributed by atoms with Crippen LogP contribution in [0.1, 0.15) is 31.2 Å². The molecule has 0 atom stereocenters. The molecule has 0 heterocycles. The largest absolute Gasteiger partial charge is 0.489 e. The van der Waals surface area contributed by atoms with E-state index in [-0.39, 0.29) is 12.3 Å². The summed E-state index contributed by atoms with van der Waals surface area (Å²) >= 11 is 0. The molecule has 0 bridgehead atoms. The van der Waals surface area contributed by atoms with Crippen molar-refractivity contribution in [3.05, 3.63) is 42.5 Å². The summed E-state index contributed by atoms with van der Waals surface area (Å²) in [6.07, 6.45) is 3.20. The van der Waals surface area contributed by atoms with Gasteiger partial charge < -0.3 is 15.2 Å². The van der Waals surface area contributed by atoms with Gasteiger partial charge in [0.15, 0.2) is 0 Å². The summed E-state index contributed by atoms with van der Waals surface area (Å²) in [5, 5.41) is 11.3. The number of carbonyl (C=O) groups is 2. The van der Waals surface area contributed by atoms with E-state index in [4.69, 9.17) is 9.84 Å². The van der Waals surface area contributed by atoms with Crippen molar-refractivity contribution in [1.29, 1.82) is 0 Å². The number of hydrogen-bond acceptors (Lipinski definition) is 3. The van der Waals surface area contributed by atoms with Gasteiger partial charge in [0, 0.05) is 24.9 Å². The highest BCUT2D eigenvalue weighted by atomic mass is 16.5. The topological polar surface area (TPSA) is 75.6 Å². The van der Waals surface area contributed by atoms with Gasteiger partial charge in [-0.05, 0) is 18.9 Å². The van der Waals surface area contributed by atoms with Crippen molar-refractivity contribution in [1.82, 2.24) is 5.32 Å². The van der Waals surface area contributed by atoms with Crippen LogP contribution in [0, 0.1) is 0 Å². The molecule has 1 aromatic rings. The monoisotopic (exact) mass is 291 g/mol. The van der Waals surface area contributed by atoms with E-state index in [1.807, 2.05) is 24.3 Å². The van der Waals surface area contributed by atoms with Crippen LogP contribution in [-0.4, -0.2) is 23.6 Å². The van der Waals surface area contributed by atoms with Gasteiger partial charge in [-0.3, -0.25) is 9.59 Å². The fraction of sp³-hybridized carbons (Fsp3) is 0.375. The average Bonchev–Trinajstić information content (AvgIpc) is 2.48.